The lowest BCUT2D eigenvalue weighted by Crippen LogP contribution is -2.42. The second kappa shape index (κ2) is 6.30. The minimum atomic E-state index is -3.10. The zero-order valence-electron chi connectivity index (χ0n) is 10.4. The molecule has 2 unspecified atom stereocenters. The molecule has 1 fully saturated rings. The second-order valence-corrected chi connectivity index (χ2v) is 5.92. The van der Waals surface area contributed by atoms with E-state index >= 15 is 0 Å². The van der Waals surface area contributed by atoms with E-state index in [2.05, 4.69) is 19.6 Å². The topological polar surface area (TPSA) is 135 Å². The highest BCUT2D eigenvalue weighted by molar-refractivity contribution is 7.33. The summed E-state index contributed by atoms with van der Waals surface area (Å²) in [4.78, 5) is 29.7. The van der Waals surface area contributed by atoms with Gasteiger partial charge in [0.25, 0.3) is 0 Å². The number of nitrogens with one attached hydrogen (secondary N) is 1. The summed E-state index contributed by atoms with van der Waals surface area (Å²) in [5.41, 5.74) is 2.31. The largest absolute Gasteiger partial charge is 0.700 e. The van der Waals surface area contributed by atoms with E-state index in [1.807, 2.05) is 0 Å². The third-order valence-electron chi connectivity index (χ3n) is 3.22. The molecular weight excluding hydrogens is 310 g/mol. The smallest absolute Gasteiger partial charge is 0.292 e. The van der Waals surface area contributed by atoms with Gasteiger partial charge >= 0.3 is 22.4 Å². The quantitative estimate of drug-likeness (QED) is 0.488. The minimum Gasteiger partial charge on any atom is -0.292 e. The van der Waals surface area contributed by atoms with Crippen LogP contribution >= 0.6 is 16.5 Å². The summed E-state index contributed by atoms with van der Waals surface area (Å²) in [7, 11) is -6.20. The fourth-order valence-corrected chi connectivity index (χ4v) is 3.24. The van der Waals surface area contributed by atoms with Crippen molar-refractivity contribution in [3.8, 4) is 0 Å². The van der Waals surface area contributed by atoms with Crippen molar-refractivity contribution in [1.29, 1.82) is 0 Å². The number of hydrazone groups is 1. The van der Waals surface area contributed by atoms with Gasteiger partial charge in [-0.1, -0.05) is 21.9 Å². The summed E-state index contributed by atoms with van der Waals surface area (Å²) in [6, 6.07) is 0. The first-order valence-corrected chi connectivity index (χ1v) is 8.26. The van der Waals surface area contributed by atoms with Crippen molar-refractivity contribution in [3.63, 3.8) is 0 Å². The highest BCUT2D eigenvalue weighted by Crippen LogP contribution is 2.38. The molecule has 1 saturated carbocycles. The van der Waals surface area contributed by atoms with E-state index in [4.69, 9.17) is 9.79 Å². The average Bonchev–Trinajstić information content (AvgIpc) is 2.96. The maximum absolute atomic E-state index is 12.2. The van der Waals surface area contributed by atoms with E-state index in [0.29, 0.717) is 0 Å². The molecule has 2 aliphatic rings. The third kappa shape index (κ3) is 3.63. The Bertz CT molecular complexity index is 459. The van der Waals surface area contributed by atoms with Crippen molar-refractivity contribution in [1.82, 2.24) is 5.43 Å². The van der Waals surface area contributed by atoms with Gasteiger partial charge in [-0.3, -0.25) is 4.79 Å². The summed E-state index contributed by atoms with van der Waals surface area (Å²) in [6.07, 6.45) is 3.19. The van der Waals surface area contributed by atoms with Crippen molar-refractivity contribution in [2.75, 3.05) is 0 Å². The van der Waals surface area contributed by atoms with Gasteiger partial charge in [0.15, 0.2) is 5.78 Å². The molecule has 110 valence electrons. The molecule has 0 saturated heterocycles. The van der Waals surface area contributed by atoms with Crippen LogP contribution < -0.4 is 5.43 Å². The molecule has 0 bridgehead atoms. The fraction of sp³-hybridized carbons (Fsp3) is 0.778. The van der Waals surface area contributed by atoms with Gasteiger partial charge in [-0.05, 0) is 12.8 Å². The SMILES string of the molecule is O=C(C1=NNC(O[P+](=O)O)(O[P+](=O)O)C1)C1CCCC1. The van der Waals surface area contributed by atoms with Crippen LogP contribution in [-0.2, 0) is 23.0 Å². The van der Waals surface area contributed by atoms with E-state index in [9.17, 15) is 13.9 Å². The zero-order chi connectivity index (χ0) is 14.8. The molecule has 1 heterocycles. The number of hydrogen-bond donors (Lipinski definition) is 3. The molecule has 1 aliphatic carbocycles. The molecule has 11 heteroatoms. The third-order valence-corrected chi connectivity index (χ3v) is 4.13. The molecule has 0 spiro atoms. The number of carbonyl (C=O) groups excluding carboxylic acids is 1. The number of carbonyl (C=O) groups is 1. The second-order valence-electron chi connectivity index (χ2n) is 4.60. The van der Waals surface area contributed by atoms with E-state index in [-0.39, 0.29) is 23.8 Å². The van der Waals surface area contributed by atoms with Crippen molar-refractivity contribution in [2.45, 2.75) is 38.0 Å². The Kier molecular flexibility index (Phi) is 4.90. The zero-order valence-corrected chi connectivity index (χ0v) is 12.2. The van der Waals surface area contributed by atoms with Gasteiger partial charge in [0.2, 0.25) is 0 Å². The van der Waals surface area contributed by atoms with Crippen molar-refractivity contribution in [3.05, 3.63) is 0 Å². The molecule has 0 aromatic carbocycles. The molecule has 2 atom stereocenters. The first-order chi connectivity index (χ1) is 9.42. The van der Waals surface area contributed by atoms with Crippen LogP contribution in [0.1, 0.15) is 32.1 Å². The molecule has 1 aliphatic heterocycles. The van der Waals surface area contributed by atoms with Crippen LogP contribution in [0.5, 0.6) is 0 Å². The van der Waals surface area contributed by atoms with Gasteiger partial charge in [0, 0.05) is 15.0 Å². The predicted molar refractivity (Wildman–Crippen MR) is 66.7 cm³/mol. The van der Waals surface area contributed by atoms with Crippen molar-refractivity contribution < 1.29 is 32.8 Å². The van der Waals surface area contributed by atoms with Crippen LogP contribution in [0.2, 0.25) is 0 Å². The lowest BCUT2D eigenvalue weighted by Gasteiger charge is -2.13. The Labute approximate surface area is 116 Å². The number of Topliss-reactive ketones (excluding diaryl/α,β-unsaturated/α-hetero) is 1. The van der Waals surface area contributed by atoms with E-state index < -0.39 is 22.4 Å². The Morgan fingerprint density at radius 2 is 1.80 bits per heavy atom. The van der Waals surface area contributed by atoms with Crippen molar-refractivity contribution >= 4 is 28.0 Å². The normalized spacial score (nSPS) is 28.0. The molecular formula is C9H14N2O7P2+2. The highest BCUT2D eigenvalue weighted by Gasteiger charge is 2.55. The number of hydrogen-bond acceptors (Lipinski definition) is 7. The van der Waals surface area contributed by atoms with Crippen LogP contribution in [0.4, 0.5) is 0 Å². The monoisotopic (exact) mass is 324 g/mol. The minimum absolute atomic E-state index is 0.0885. The van der Waals surface area contributed by atoms with Gasteiger partial charge in [0.1, 0.15) is 5.71 Å². The lowest BCUT2D eigenvalue weighted by atomic mass is 9.97. The van der Waals surface area contributed by atoms with Crippen LogP contribution in [-0.4, -0.2) is 27.2 Å². The number of ketones is 1. The molecule has 9 nitrogen and oxygen atoms in total. The average molecular weight is 324 g/mol. The van der Waals surface area contributed by atoms with Gasteiger partial charge in [-0.2, -0.15) is 5.10 Å². The lowest BCUT2D eigenvalue weighted by molar-refractivity contribution is -0.129. The van der Waals surface area contributed by atoms with Crippen LogP contribution in [0.3, 0.4) is 0 Å². The standard InChI is InChI=1S/C9H12N2O7P2/c12-8(6-3-1-2-4-6)7-5-9(11-10-7,17-19(13)14)18-20(15)16/h6H,1-5H2,(H-2,11,12,13,14,15,16)/p+2. The summed E-state index contributed by atoms with van der Waals surface area (Å²) in [5.74, 6) is -2.36. The molecule has 0 aromatic rings. The van der Waals surface area contributed by atoms with Gasteiger partial charge in [-0.15, -0.1) is 9.79 Å². The number of rotatable bonds is 6. The summed E-state index contributed by atoms with van der Waals surface area (Å²) in [5, 5.41) is 3.73. The fourth-order valence-electron chi connectivity index (χ4n) is 2.39. The Hall–Kier alpha value is -0.820. The highest BCUT2D eigenvalue weighted by atomic mass is 31.1. The van der Waals surface area contributed by atoms with E-state index in [1.165, 1.54) is 0 Å². The van der Waals surface area contributed by atoms with Crippen LogP contribution in [0.25, 0.3) is 0 Å². The van der Waals surface area contributed by atoms with Crippen molar-refractivity contribution in [2.24, 2.45) is 11.0 Å². The molecule has 20 heavy (non-hydrogen) atoms. The first-order valence-electron chi connectivity index (χ1n) is 6.00. The molecule has 0 amide bonds. The molecule has 3 N–H and O–H groups in total. The number of nitrogens with zero attached hydrogens (tertiary/aromatic N) is 1. The van der Waals surface area contributed by atoms with E-state index in [1.54, 1.807) is 0 Å². The molecule has 0 aromatic heterocycles. The van der Waals surface area contributed by atoms with Crippen LogP contribution in [0, 0.1) is 5.92 Å². The van der Waals surface area contributed by atoms with Crippen LogP contribution in [0.15, 0.2) is 5.10 Å². The maximum Gasteiger partial charge on any atom is 0.700 e. The summed E-state index contributed by atoms with van der Waals surface area (Å²) in [6.45, 7) is 0. The predicted octanol–water partition coefficient (Wildman–Crippen LogP) is 1.08. The summed E-state index contributed by atoms with van der Waals surface area (Å²) >= 11 is 0. The Balaban J connectivity index is 2.06. The van der Waals surface area contributed by atoms with Gasteiger partial charge in [0.05, 0.1) is 6.42 Å². The summed E-state index contributed by atoms with van der Waals surface area (Å²) < 4.78 is 30.7. The Morgan fingerprint density at radius 1 is 1.25 bits per heavy atom. The van der Waals surface area contributed by atoms with Gasteiger partial charge < -0.3 is 0 Å². The first kappa shape index (κ1) is 15.6. The Morgan fingerprint density at radius 3 is 2.30 bits per heavy atom. The molecule has 2 rings (SSSR count). The van der Waals surface area contributed by atoms with E-state index in [0.717, 1.165) is 25.7 Å². The maximum atomic E-state index is 12.2. The van der Waals surface area contributed by atoms with Gasteiger partial charge in [-0.25, -0.2) is 5.43 Å². The molecule has 0 radical (unpaired) electrons.